The number of carbonyl (C=O) groups is 1. The summed E-state index contributed by atoms with van der Waals surface area (Å²) in [5.74, 6) is 0.536. The fourth-order valence-corrected chi connectivity index (χ4v) is 2.12. The lowest BCUT2D eigenvalue weighted by Gasteiger charge is -2.19. The SMILES string of the molecule is CCOC(=O)c1cccc(C(C)C)c1C(C)C. The highest BCUT2D eigenvalue weighted by atomic mass is 16.5. The molecule has 0 amide bonds. The molecule has 17 heavy (non-hydrogen) atoms. The van der Waals surface area contributed by atoms with Gasteiger partial charge in [0.2, 0.25) is 0 Å². The average Bonchev–Trinajstić information content (AvgIpc) is 2.28. The first kappa shape index (κ1) is 13.8. The summed E-state index contributed by atoms with van der Waals surface area (Å²) in [5.41, 5.74) is 3.08. The highest BCUT2D eigenvalue weighted by Crippen LogP contribution is 2.29. The number of hydrogen-bond acceptors (Lipinski definition) is 2. The van der Waals surface area contributed by atoms with Gasteiger partial charge in [-0.1, -0.05) is 39.8 Å². The van der Waals surface area contributed by atoms with Crippen molar-refractivity contribution in [3.63, 3.8) is 0 Å². The Morgan fingerprint density at radius 3 is 2.29 bits per heavy atom. The molecule has 0 radical (unpaired) electrons. The highest BCUT2D eigenvalue weighted by Gasteiger charge is 2.19. The predicted molar refractivity (Wildman–Crippen MR) is 70.6 cm³/mol. The van der Waals surface area contributed by atoms with E-state index in [0.29, 0.717) is 24.0 Å². The van der Waals surface area contributed by atoms with Gasteiger partial charge in [-0.2, -0.15) is 0 Å². The Hall–Kier alpha value is -1.31. The van der Waals surface area contributed by atoms with Crippen molar-refractivity contribution in [2.45, 2.75) is 46.5 Å². The third-order valence-electron chi connectivity index (χ3n) is 2.83. The smallest absolute Gasteiger partial charge is 0.338 e. The Balaban J connectivity index is 3.30. The molecule has 0 spiro atoms. The molecule has 2 nitrogen and oxygen atoms in total. The van der Waals surface area contributed by atoms with E-state index in [-0.39, 0.29) is 5.97 Å². The Morgan fingerprint density at radius 1 is 1.18 bits per heavy atom. The second-order valence-electron chi connectivity index (χ2n) is 4.84. The molecule has 0 atom stereocenters. The Labute approximate surface area is 104 Å². The standard InChI is InChI=1S/C15H22O2/c1-6-17-15(16)13-9-7-8-12(10(2)3)14(13)11(4)5/h7-11H,6H2,1-5H3. The van der Waals surface area contributed by atoms with Crippen LogP contribution in [0.1, 0.15) is 67.9 Å². The number of benzene rings is 1. The van der Waals surface area contributed by atoms with Crippen molar-refractivity contribution in [1.29, 1.82) is 0 Å². The van der Waals surface area contributed by atoms with Gasteiger partial charge in [-0.15, -0.1) is 0 Å². The van der Waals surface area contributed by atoms with Gasteiger partial charge in [-0.05, 0) is 36.0 Å². The van der Waals surface area contributed by atoms with Crippen LogP contribution < -0.4 is 0 Å². The largest absolute Gasteiger partial charge is 0.462 e. The maximum Gasteiger partial charge on any atom is 0.338 e. The lowest BCUT2D eigenvalue weighted by molar-refractivity contribution is 0.0524. The molecule has 1 aromatic rings. The van der Waals surface area contributed by atoms with Crippen molar-refractivity contribution >= 4 is 5.97 Å². The Bertz CT molecular complexity index is 392. The van der Waals surface area contributed by atoms with E-state index in [9.17, 15) is 4.79 Å². The van der Waals surface area contributed by atoms with Gasteiger partial charge in [0.15, 0.2) is 0 Å². The summed E-state index contributed by atoms with van der Waals surface area (Å²) in [4.78, 5) is 11.9. The molecule has 0 saturated carbocycles. The van der Waals surface area contributed by atoms with Crippen molar-refractivity contribution in [1.82, 2.24) is 0 Å². The minimum atomic E-state index is -0.210. The molecule has 0 fully saturated rings. The van der Waals surface area contributed by atoms with E-state index in [0.717, 1.165) is 5.56 Å². The van der Waals surface area contributed by atoms with Crippen molar-refractivity contribution in [2.24, 2.45) is 0 Å². The first-order valence-electron chi connectivity index (χ1n) is 6.28. The van der Waals surface area contributed by atoms with Crippen LogP contribution in [-0.2, 0) is 4.74 Å². The van der Waals surface area contributed by atoms with Crippen LogP contribution >= 0.6 is 0 Å². The van der Waals surface area contributed by atoms with Gasteiger partial charge in [0.25, 0.3) is 0 Å². The lowest BCUT2D eigenvalue weighted by atomic mass is 9.87. The van der Waals surface area contributed by atoms with Crippen molar-refractivity contribution in [3.8, 4) is 0 Å². The van der Waals surface area contributed by atoms with Crippen LogP contribution in [0.3, 0.4) is 0 Å². The van der Waals surface area contributed by atoms with Gasteiger partial charge in [-0.25, -0.2) is 4.79 Å². The lowest BCUT2D eigenvalue weighted by Crippen LogP contribution is -2.11. The Morgan fingerprint density at radius 2 is 1.82 bits per heavy atom. The molecule has 0 aromatic heterocycles. The fourth-order valence-electron chi connectivity index (χ4n) is 2.12. The van der Waals surface area contributed by atoms with E-state index in [1.807, 2.05) is 19.1 Å². The summed E-state index contributed by atoms with van der Waals surface area (Å²) in [7, 11) is 0. The van der Waals surface area contributed by atoms with Crippen LogP contribution in [0.5, 0.6) is 0 Å². The summed E-state index contributed by atoms with van der Waals surface area (Å²) in [6.07, 6.45) is 0. The van der Waals surface area contributed by atoms with Gasteiger partial charge >= 0.3 is 5.97 Å². The van der Waals surface area contributed by atoms with Crippen LogP contribution in [0.25, 0.3) is 0 Å². The second kappa shape index (κ2) is 5.85. The number of hydrogen-bond donors (Lipinski definition) is 0. The minimum absolute atomic E-state index is 0.210. The van der Waals surface area contributed by atoms with Crippen molar-refractivity contribution in [3.05, 3.63) is 34.9 Å². The molecule has 0 aliphatic heterocycles. The van der Waals surface area contributed by atoms with Gasteiger partial charge < -0.3 is 4.74 Å². The highest BCUT2D eigenvalue weighted by molar-refractivity contribution is 5.91. The van der Waals surface area contributed by atoms with Gasteiger partial charge in [0.1, 0.15) is 0 Å². The molecule has 1 aromatic carbocycles. The number of rotatable bonds is 4. The molecule has 1 rings (SSSR count). The molecule has 0 heterocycles. The number of carbonyl (C=O) groups excluding carboxylic acids is 1. The predicted octanol–water partition coefficient (Wildman–Crippen LogP) is 4.11. The fraction of sp³-hybridized carbons (Fsp3) is 0.533. The molecule has 0 aliphatic rings. The van der Waals surface area contributed by atoms with E-state index >= 15 is 0 Å². The zero-order valence-corrected chi connectivity index (χ0v) is 11.4. The number of ether oxygens (including phenoxy) is 1. The van der Waals surface area contributed by atoms with Crippen LogP contribution in [0, 0.1) is 0 Å². The van der Waals surface area contributed by atoms with Gasteiger partial charge in [-0.3, -0.25) is 0 Å². The zero-order chi connectivity index (χ0) is 13.0. The molecule has 2 heteroatoms. The zero-order valence-electron chi connectivity index (χ0n) is 11.4. The molecule has 0 bridgehead atoms. The summed E-state index contributed by atoms with van der Waals surface area (Å²) in [6, 6.07) is 5.90. The third-order valence-corrected chi connectivity index (χ3v) is 2.83. The molecule has 0 N–H and O–H groups in total. The minimum Gasteiger partial charge on any atom is -0.462 e. The van der Waals surface area contributed by atoms with Crippen LogP contribution in [0.4, 0.5) is 0 Å². The summed E-state index contributed by atoms with van der Waals surface area (Å²) in [6.45, 7) is 10.8. The number of esters is 1. The van der Waals surface area contributed by atoms with Crippen LogP contribution in [0.2, 0.25) is 0 Å². The summed E-state index contributed by atoms with van der Waals surface area (Å²) in [5, 5.41) is 0. The topological polar surface area (TPSA) is 26.3 Å². The van der Waals surface area contributed by atoms with E-state index < -0.39 is 0 Å². The van der Waals surface area contributed by atoms with Gasteiger partial charge in [0, 0.05) is 0 Å². The monoisotopic (exact) mass is 234 g/mol. The molecule has 94 valence electrons. The first-order chi connectivity index (χ1) is 7.99. The van der Waals surface area contributed by atoms with Crippen LogP contribution in [0.15, 0.2) is 18.2 Å². The third kappa shape index (κ3) is 3.09. The van der Waals surface area contributed by atoms with E-state index in [1.54, 1.807) is 0 Å². The summed E-state index contributed by atoms with van der Waals surface area (Å²) >= 11 is 0. The van der Waals surface area contributed by atoms with E-state index in [1.165, 1.54) is 5.56 Å². The Kier molecular flexibility index (Phi) is 4.73. The maximum absolute atomic E-state index is 11.9. The molecular formula is C15H22O2. The maximum atomic E-state index is 11.9. The van der Waals surface area contributed by atoms with E-state index in [2.05, 4.69) is 33.8 Å². The van der Waals surface area contributed by atoms with E-state index in [4.69, 9.17) is 4.74 Å². The van der Waals surface area contributed by atoms with Gasteiger partial charge in [0.05, 0.1) is 12.2 Å². The quantitative estimate of drug-likeness (QED) is 0.733. The van der Waals surface area contributed by atoms with Crippen LogP contribution in [-0.4, -0.2) is 12.6 Å². The molecule has 0 aliphatic carbocycles. The molecule has 0 unspecified atom stereocenters. The van der Waals surface area contributed by atoms with Crippen molar-refractivity contribution in [2.75, 3.05) is 6.61 Å². The molecular weight excluding hydrogens is 212 g/mol. The first-order valence-corrected chi connectivity index (χ1v) is 6.28. The normalized spacial score (nSPS) is 11.0. The molecule has 0 saturated heterocycles. The average molecular weight is 234 g/mol. The van der Waals surface area contributed by atoms with Crippen molar-refractivity contribution < 1.29 is 9.53 Å². The second-order valence-corrected chi connectivity index (χ2v) is 4.84. The summed E-state index contributed by atoms with van der Waals surface area (Å²) < 4.78 is 5.11.